The minimum absolute atomic E-state index is 0.0128. The van der Waals surface area contributed by atoms with Crippen LogP contribution in [0.1, 0.15) is 24.8 Å². The van der Waals surface area contributed by atoms with Gasteiger partial charge < -0.3 is 9.80 Å². The Balaban J connectivity index is 1.77. The van der Waals surface area contributed by atoms with Gasteiger partial charge in [-0.1, -0.05) is 0 Å². The van der Waals surface area contributed by atoms with Crippen LogP contribution in [-0.4, -0.2) is 70.7 Å². The topological polar surface area (TPSA) is 94.6 Å². The zero-order chi connectivity index (χ0) is 19.6. The van der Waals surface area contributed by atoms with Crippen LogP contribution in [0, 0.1) is 11.3 Å². The summed E-state index contributed by atoms with van der Waals surface area (Å²) in [6.45, 7) is 4.70. The molecule has 3 heterocycles. The Morgan fingerprint density at radius 3 is 2.33 bits per heavy atom. The van der Waals surface area contributed by atoms with Crippen LogP contribution in [0.4, 0.5) is 5.82 Å². The monoisotopic (exact) mass is 374 g/mol. The van der Waals surface area contributed by atoms with Crippen molar-refractivity contribution in [2.45, 2.75) is 19.3 Å². The molecule has 1 aromatic rings. The molecule has 0 saturated carbocycles. The van der Waals surface area contributed by atoms with Crippen molar-refractivity contribution in [2.75, 3.05) is 50.7 Å². The fraction of sp³-hybridized carbons (Fsp3) is 0.667. The molecule has 0 atom stereocenters. The van der Waals surface area contributed by atoms with Gasteiger partial charge in [-0.25, -0.2) is 4.79 Å². The molecule has 2 aliphatic heterocycles. The predicted molar refractivity (Wildman–Crippen MR) is 101 cm³/mol. The van der Waals surface area contributed by atoms with E-state index in [0.717, 1.165) is 43.5 Å². The molecule has 1 aromatic heterocycles. The van der Waals surface area contributed by atoms with Crippen LogP contribution >= 0.6 is 0 Å². The summed E-state index contributed by atoms with van der Waals surface area (Å²) in [6.07, 6.45) is 2.95. The summed E-state index contributed by atoms with van der Waals surface area (Å²) < 4.78 is 2.33. The van der Waals surface area contributed by atoms with Crippen LogP contribution in [0.25, 0.3) is 0 Å². The van der Waals surface area contributed by atoms with Crippen LogP contribution in [0.2, 0.25) is 0 Å². The van der Waals surface area contributed by atoms with E-state index in [1.54, 1.807) is 7.05 Å². The average Bonchev–Trinajstić information content (AvgIpc) is 3.11. The van der Waals surface area contributed by atoms with Crippen molar-refractivity contribution >= 4 is 11.7 Å². The summed E-state index contributed by atoms with van der Waals surface area (Å²) in [7, 11) is 2.96. The number of likely N-dealkylation sites (tertiary alicyclic amines) is 1. The molecule has 0 unspecified atom stereocenters. The van der Waals surface area contributed by atoms with Gasteiger partial charge in [-0.05, 0) is 19.3 Å². The summed E-state index contributed by atoms with van der Waals surface area (Å²) in [4.78, 5) is 43.0. The summed E-state index contributed by atoms with van der Waals surface area (Å²) >= 11 is 0. The third kappa shape index (κ3) is 3.76. The van der Waals surface area contributed by atoms with Crippen molar-refractivity contribution in [3.05, 3.63) is 26.4 Å². The molecule has 27 heavy (non-hydrogen) atoms. The molecule has 1 amide bonds. The Kier molecular flexibility index (Phi) is 5.65. The first kappa shape index (κ1) is 19.2. The van der Waals surface area contributed by atoms with Crippen LogP contribution in [0.3, 0.4) is 0 Å². The van der Waals surface area contributed by atoms with E-state index in [-0.39, 0.29) is 11.5 Å². The van der Waals surface area contributed by atoms with Crippen molar-refractivity contribution in [3.63, 3.8) is 0 Å². The van der Waals surface area contributed by atoms with Gasteiger partial charge in [0.05, 0.1) is 6.54 Å². The second-order valence-electron chi connectivity index (χ2n) is 7.22. The predicted octanol–water partition coefficient (Wildman–Crippen LogP) is -0.910. The van der Waals surface area contributed by atoms with Crippen molar-refractivity contribution in [1.82, 2.24) is 18.9 Å². The molecule has 2 aliphatic rings. The van der Waals surface area contributed by atoms with E-state index in [1.807, 2.05) is 15.9 Å². The van der Waals surface area contributed by atoms with Gasteiger partial charge in [-0.3, -0.25) is 23.6 Å². The lowest BCUT2D eigenvalue weighted by Crippen LogP contribution is -2.44. The first-order valence-corrected chi connectivity index (χ1v) is 9.39. The number of hydrogen-bond acceptors (Lipinski definition) is 6. The van der Waals surface area contributed by atoms with Crippen LogP contribution in [0.15, 0.2) is 9.59 Å². The Bertz CT molecular complexity index is 875. The molecule has 0 aromatic carbocycles. The lowest BCUT2D eigenvalue weighted by atomic mass is 10.2. The number of hydrogen-bond donors (Lipinski definition) is 0. The SMILES string of the molecule is Cn1c(N2CCCN(CC(=O)N3CCCC3)CC2)c(C#N)c(=O)n(C)c1=O. The first-order valence-electron chi connectivity index (χ1n) is 9.39. The molecule has 0 radical (unpaired) electrons. The number of amides is 1. The van der Waals surface area contributed by atoms with E-state index < -0.39 is 11.2 Å². The maximum absolute atomic E-state index is 12.4. The molecular weight excluding hydrogens is 348 g/mol. The molecule has 146 valence electrons. The molecular formula is C18H26N6O3. The molecule has 0 bridgehead atoms. The molecule has 2 fully saturated rings. The third-order valence-corrected chi connectivity index (χ3v) is 5.45. The van der Waals surface area contributed by atoms with Gasteiger partial charge in [0, 0.05) is 53.4 Å². The number of anilines is 1. The van der Waals surface area contributed by atoms with Crippen molar-refractivity contribution in [2.24, 2.45) is 14.1 Å². The Morgan fingerprint density at radius 1 is 0.963 bits per heavy atom. The molecule has 9 heteroatoms. The van der Waals surface area contributed by atoms with Gasteiger partial charge >= 0.3 is 5.69 Å². The molecule has 0 aliphatic carbocycles. The summed E-state index contributed by atoms with van der Waals surface area (Å²) in [5.41, 5.74) is -1.03. The Morgan fingerprint density at radius 2 is 1.67 bits per heavy atom. The number of carbonyl (C=O) groups excluding carboxylic acids is 1. The number of rotatable bonds is 3. The Labute approximate surface area is 158 Å². The highest BCUT2D eigenvalue weighted by Gasteiger charge is 2.25. The van der Waals surface area contributed by atoms with Gasteiger partial charge in [0.15, 0.2) is 5.56 Å². The highest BCUT2D eigenvalue weighted by atomic mass is 16.2. The number of carbonyl (C=O) groups is 1. The van der Waals surface area contributed by atoms with Gasteiger partial charge in [-0.15, -0.1) is 0 Å². The largest absolute Gasteiger partial charge is 0.355 e. The minimum Gasteiger partial charge on any atom is -0.355 e. The normalized spacial score (nSPS) is 18.4. The molecule has 2 saturated heterocycles. The van der Waals surface area contributed by atoms with E-state index >= 15 is 0 Å². The lowest BCUT2D eigenvalue weighted by molar-refractivity contribution is -0.131. The lowest BCUT2D eigenvalue weighted by Gasteiger charge is -2.26. The number of nitrogens with zero attached hydrogens (tertiary/aromatic N) is 6. The van der Waals surface area contributed by atoms with Crippen LogP contribution < -0.4 is 16.1 Å². The third-order valence-electron chi connectivity index (χ3n) is 5.45. The van der Waals surface area contributed by atoms with Gasteiger partial charge in [0.1, 0.15) is 11.9 Å². The highest BCUT2D eigenvalue weighted by molar-refractivity contribution is 5.78. The summed E-state index contributed by atoms with van der Waals surface area (Å²) in [6, 6.07) is 1.96. The minimum atomic E-state index is -0.569. The smallest absolute Gasteiger partial charge is 0.332 e. The van der Waals surface area contributed by atoms with Gasteiger partial charge in [0.25, 0.3) is 5.56 Å². The van der Waals surface area contributed by atoms with Gasteiger partial charge in [-0.2, -0.15) is 5.26 Å². The van der Waals surface area contributed by atoms with Gasteiger partial charge in [0.2, 0.25) is 5.91 Å². The van der Waals surface area contributed by atoms with Crippen molar-refractivity contribution in [3.8, 4) is 6.07 Å². The number of aromatic nitrogens is 2. The number of nitriles is 1. The standard InChI is InChI=1S/C18H26N6O3/c1-20-16(14(12-19)17(26)21(2)18(20)27)24-9-5-6-22(10-11-24)13-15(25)23-7-3-4-8-23/h3-11,13H2,1-2H3. The Hall–Kier alpha value is -2.60. The average molecular weight is 374 g/mol. The molecule has 9 nitrogen and oxygen atoms in total. The van der Waals surface area contributed by atoms with E-state index in [4.69, 9.17) is 0 Å². The van der Waals surface area contributed by atoms with Crippen LogP contribution in [0.5, 0.6) is 0 Å². The second-order valence-corrected chi connectivity index (χ2v) is 7.22. The molecule has 0 N–H and O–H groups in total. The zero-order valence-corrected chi connectivity index (χ0v) is 16.0. The van der Waals surface area contributed by atoms with E-state index in [1.165, 1.54) is 11.6 Å². The highest BCUT2D eigenvalue weighted by Crippen LogP contribution is 2.17. The van der Waals surface area contributed by atoms with E-state index in [9.17, 15) is 19.6 Å². The molecule has 3 rings (SSSR count). The fourth-order valence-corrected chi connectivity index (χ4v) is 3.90. The maximum atomic E-state index is 12.4. The zero-order valence-electron chi connectivity index (χ0n) is 16.0. The quantitative estimate of drug-likeness (QED) is 0.680. The maximum Gasteiger partial charge on any atom is 0.332 e. The van der Waals surface area contributed by atoms with Crippen LogP contribution in [-0.2, 0) is 18.9 Å². The second kappa shape index (κ2) is 7.96. The summed E-state index contributed by atoms with van der Waals surface area (Å²) in [5, 5.41) is 9.47. The van der Waals surface area contributed by atoms with E-state index in [2.05, 4.69) is 4.90 Å². The summed E-state index contributed by atoms with van der Waals surface area (Å²) in [5.74, 6) is 0.540. The molecule has 0 spiro atoms. The van der Waals surface area contributed by atoms with E-state index in [0.29, 0.717) is 32.0 Å². The fourth-order valence-electron chi connectivity index (χ4n) is 3.90. The van der Waals surface area contributed by atoms with Crippen molar-refractivity contribution in [1.29, 1.82) is 5.26 Å². The first-order chi connectivity index (χ1) is 12.9. The van der Waals surface area contributed by atoms with Crippen molar-refractivity contribution < 1.29 is 4.79 Å².